The molecule has 0 amide bonds. The predicted molar refractivity (Wildman–Crippen MR) is 112 cm³/mol. The third-order valence-corrected chi connectivity index (χ3v) is 6.40. The number of aryl methyl sites for hydroxylation is 1. The maximum atomic E-state index is 14.5. The highest BCUT2D eigenvalue weighted by molar-refractivity contribution is 14.1. The first-order valence-corrected chi connectivity index (χ1v) is 10.1. The molecule has 6 nitrogen and oxygen atoms in total. The number of phenolic OH excluding ortho intramolecular Hbond substituents is 1. The number of halogens is 6. The minimum absolute atomic E-state index is 0.169. The standard InChI is InChI=1S/C19H15F5IN5O/c1-8-3-4-30(7-12(8)25)18-26-6-10-15(28-29(2)17(10)27-18)9-5-11(19(22,23)24)14(21)16(31)13(9)20/h5-6,31H,3-4,7H2,1-2H3. The van der Waals surface area contributed by atoms with Crippen LogP contribution >= 0.6 is 22.6 Å². The van der Waals surface area contributed by atoms with E-state index in [9.17, 15) is 27.1 Å². The van der Waals surface area contributed by atoms with Crippen LogP contribution in [0.25, 0.3) is 22.3 Å². The lowest BCUT2D eigenvalue weighted by Crippen LogP contribution is -2.31. The van der Waals surface area contributed by atoms with Gasteiger partial charge >= 0.3 is 6.18 Å². The van der Waals surface area contributed by atoms with E-state index in [4.69, 9.17) is 0 Å². The van der Waals surface area contributed by atoms with E-state index in [2.05, 4.69) is 44.6 Å². The highest BCUT2D eigenvalue weighted by atomic mass is 127. The maximum Gasteiger partial charge on any atom is 0.419 e. The number of fused-ring (bicyclic) bond motifs is 1. The molecule has 1 aliphatic rings. The van der Waals surface area contributed by atoms with E-state index in [0.717, 1.165) is 6.42 Å². The van der Waals surface area contributed by atoms with E-state index in [1.165, 1.54) is 27.1 Å². The number of phenols is 1. The summed E-state index contributed by atoms with van der Waals surface area (Å²) in [5, 5.41) is 13.8. The van der Waals surface area contributed by atoms with Gasteiger partial charge in [-0.15, -0.1) is 0 Å². The summed E-state index contributed by atoms with van der Waals surface area (Å²) in [5.74, 6) is -4.93. The normalized spacial score (nSPS) is 15.3. The summed E-state index contributed by atoms with van der Waals surface area (Å²) in [6.45, 7) is 3.38. The Morgan fingerprint density at radius 2 is 1.90 bits per heavy atom. The number of rotatable bonds is 2. The minimum atomic E-state index is -5.13. The Balaban J connectivity index is 1.85. The molecule has 3 heterocycles. The zero-order valence-corrected chi connectivity index (χ0v) is 18.4. The molecule has 3 aromatic rings. The van der Waals surface area contributed by atoms with Crippen LogP contribution in [0, 0.1) is 11.6 Å². The molecule has 0 aliphatic carbocycles. The summed E-state index contributed by atoms with van der Waals surface area (Å²) in [4.78, 5) is 10.7. The molecule has 0 bridgehead atoms. The monoisotopic (exact) mass is 551 g/mol. The van der Waals surface area contributed by atoms with Gasteiger partial charge in [-0.25, -0.2) is 18.4 Å². The number of nitrogens with zero attached hydrogens (tertiary/aromatic N) is 5. The van der Waals surface area contributed by atoms with Gasteiger partial charge in [-0.2, -0.15) is 23.3 Å². The lowest BCUT2D eigenvalue weighted by Gasteiger charge is -2.27. The second kappa shape index (κ2) is 7.57. The smallest absolute Gasteiger partial charge is 0.419 e. The number of hydrogen-bond acceptors (Lipinski definition) is 5. The van der Waals surface area contributed by atoms with Gasteiger partial charge in [0, 0.05) is 28.9 Å². The molecule has 0 saturated heterocycles. The van der Waals surface area contributed by atoms with E-state index in [-0.39, 0.29) is 16.7 Å². The number of aromatic hydroxyl groups is 1. The second-order valence-electron chi connectivity index (χ2n) is 7.18. The quantitative estimate of drug-likeness (QED) is 0.361. The van der Waals surface area contributed by atoms with Gasteiger partial charge in [0.1, 0.15) is 5.69 Å². The first kappa shape index (κ1) is 21.7. The SMILES string of the molecule is CC1=C(I)CN(c2ncc3c(-c4cc(C(F)(F)F)c(F)c(O)c4F)nn(C)c3n2)CC1. The zero-order valence-electron chi connectivity index (χ0n) is 16.2. The Bertz CT molecular complexity index is 1240. The van der Waals surface area contributed by atoms with Gasteiger partial charge in [0.2, 0.25) is 5.95 Å². The Morgan fingerprint density at radius 3 is 2.55 bits per heavy atom. The third-order valence-electron chi connectivity index (χ3n) is 5.14. The number of benzene rings is 1. The first-order chi connectivity index (χ1) is 14.5. The van der Waals surface area contributed by atoms with Crippen LogP contribution in [0.2, 0.25) is 0 Å². The van der Waals surface area contributed by atoms with Crippen LogP contribution < -0.4 is 4.90 Å². The predicted octanol–water partition coefficient (Wildman–Crippen LogP) is 4.95. The van der Waals surface area contributed by atoms with Gasteiger partial charge in [-0.1, -0.05) is 5.57 Å². The molecule has 0 spiro atoms. The highest BCUT2D eigenvalue weighted by Gasteiger charge is 2.38. The van der Waals surface area contributed by atoms with Crippen molar-refractivity contribution < 1.29 is 27.1 Å². The lowest BCUT2D eigenvalue weighted by atomic mass is 10.0. The molecule has 1 N–H and O–H groups in total. The van der Waals surface area contributed by atoms with Crippen molar-refractivity contribution >= 4 is 39.6 Å². The van der Waals surface area contributed by atoms with Crippen LogP contribution in [0.4, 0.5) is 27.9 Å². The topological polar surface area (TPSA) is 67.1 Å². The van der Waals surface area contributed by atoms with Crippen LogP contribution in [0.1, 0.15) is 18.9 Å². The summed E-state index contributed by atoms with van der Waals surface area (Å²) >= 11 is 2.26. The van der Waals surface area contributed by atoms with Crippen LogP contribution in [0.15, 0.2) is 21.4 Å². The lowest BCUT2D eigenvalue weighted by molar-refractivity contribution is -0.140. The van der Waals surface area contributed by atoms with Crippen molar-refractivity contribution in [3.05, 3.63) is 38.6 Å². The average Bonchev–Trinajstić information content (AvgIpc) is 3.03. The first-order valence-electron chi connectivity index (χ1n) is 9.06. The van der Waals surface area contributed by atoms with Crippen molar-refractivity contribution in [3.63, 3.8) is 0 Å². The molecule has 1 aliphatic heterocycles. The Labute approximate surface area is 186 Å². The minimum Gasteiger partial charge on any atom is -0.503 e. The zero-order chi connectivity index (χ0) is 22.7. The van der Waals surface area contributed by atoms with Crippen LogP contribution in [0.5, 0.6) is 5.75 Å². The fraction of sp³-hybridized carbons (Fsp3) is 0.316. The molecule has 1 aromatic carbocycles. The summed E-state index contributed by atoms with van der Waals surface area (Å²) in [7, 11) is 1.50. The molecule has 12 heteroatoms. The van der Waals surface area contributed by atoms with Crippen LogP contribution in [-0.2, 0) is 13.2 Å². The van der Waals surface area contributed by atoms with Gasteiger partial charge in [0.25, 0.3) is 0 Å². The molecule has 164 valence electrons. The fourth-order valence-corrected chi connectivity index (χ4v) is 4.05. The molecule has 2 aromatic heterocycles. The van der Waals surface area contributed by atoms with Gasteiger partial charge in [0.05, 0.1) is 17.5 Å². The molecule has 0 atom stereocenters. The molecular formula is C19H15F5IN5O. The average molecular weight is 551 g/mol. The molecular weight excluding hydrogens is 536 g/mol. The van der Waals surface area contributed by atoms with Crippen molar-refractivity contribution in [1.29, 1.82) is 0 Å². The largest absolute Gasteiger partial charge is 0.503 e. The Morgan fingerprint density at radius 1 is 1.19 bits per heavy atom. The van der Waals surface area contributed by atoms with Crippen molar-refractivity contribution in [3.8, 4) is 17.0 Å². The molecule has 0 radical (unpaired) electrons. The molecule has 31 heavy (non-hydrogen) atoms. The van der Waals surface area contributed by atoms with Crippen molar-refractivity contribution in [2.24, 2.45) is 7.05 Å². The second-order valence-corrected chi connectivity index (χ2v) is 8.48. The summed E-state index contributed by atoms with van der Waals surface area (Å²) in [5.41, 5.74) is -1.17. The Hall–Kier alpha value is -2.51. The molecule has 0 saturated carbocycles. The molecule has 4 rings (SSSR count). The van der Waals surface area contributed by atoms with Crippen LogP contribution in [0.3, 0.4) is 0 Å². The van der Waals surface area contributed by atoms with E-state index < -0.39 is 34.7 Å². The van der Waals surface area contributed by atoms with Crippen LogP contribution in [-0.4, -0.2) is 37.9 Å². The van der Waals surface area contributed by atoms with E-state index >= 15 is 0 Å². The van der Waals surface area contributed by atoms with E-state index in [0.29, 0.717) is 25.1 Å². The van der Waals surface area contributed by atoms with Crippen molar-refractivity contribution in [1.82, 2.24) is 19.7 Å². The molecule has 0 unspecified atom stereocenters. The van der Waals surface area contributed by atoms with Gasteiger partial charge < -0.3 is 10.0 Å². The number of hydrogen-bond donors (Lipinski definition) is 1. The fourth-order valence-electron chi connectivity index (χ4n) is 3.37. The Kier molecular flexibility index (Phi) is 5.30. The van der Waals surface area contributed by atoms with Crippen molar-refractivity contribution in [2.45, 2.75) is 19.5 Å². The van der Waals surface area contributed by atoms with E-state index in [1.54, 1.807) is 0 Å². The number of anilines is 1. The summed E-state index contributed by atoms with van der Waals surface area (Å²) in [6.07, 6.45) is -2.95. The maximum absolute atomic E-state index is 14.5. The van der Waals surface area contributed by atoms with Gasteiger partial charge in [-0.05, 0) is 42.0 Å². The van der Waals surface area contributed by atoms with Gasteiger partial charge in [-0.3, -0.25) is 0 Å². The number of aromatic nitrogens is 4. The van der Waals surface area contributed by atoms with Crippen molar-refractivity contribution in [2.75, 3.05) is 18.0 Å². The molecule has 0 fully saturated rings. The summed E-state index contributed by atoms with van der Waals surface area (Å²) < 4.78 is 70.3. The van der Waals surface area contributed by atoms with Gasteiger partial charge in [0.15, 0.2) is 23.0 Å². The third kappa shape index (κ3) is 3.70. The number of alkyl halides is 3. The summed E-state index contributed by atoms with van der Waals surface area (Å²) in [6, 6.07) is 0.292. The highest BCUT2D eigenvalue weighted by Crippen LogP contribution is 2.41. The van der Waals surface area contributed by atoms with E-state index in [1.807, 2.05) is 4.90 Å².